The van der Waals surface area contributed by atoms with E-state index < -0.39 is 16.1 Å². The summed E-state index contributed by atoms with van der Waals surface area (Å²) in [7, 11) is -1.06. The lowest BCUT2D eigenvalue weighted by Gasteiger charge is -2.35. The lowest BCUT2D eigenvalue weighted by Crippen LogP contribution is -2.48. The van der Waals surface area contributed by atoms with Gasteiger partial charge < -0.3 is 9.47 Å². The number of aromatic nitrogens is 1. The number of hydrogen-bond acceptors (Lipinski definition) is 6. The van der Waals surface area contributed by atoms with Crippen molar-refractivity contribution in [2.24, 2.45) is 0 Å². The van der Waals surface area contributed by atoms with Crippen molar-refractivity contribution in [2.45, 2.75) is 11.4 Å². The predicted octanol–water partition coefficient (Wildman–Crippen LogP) is 3.56. The van der Waals surface area contributed by atoms with Gasteiger partial charge in [-0.1, -0.05) is 18.2 Å². The van der Waals surface area contributed by atoms with Gasteiger partial charge in [0.15, 0.2) is 5.82 Å². The minimum absolute atomic E-state index is 0.0460. The van der Waals surface area contributed by atoms with Crippen LogP contribution in [0, 0.1) is 0 Å². The molecule has 1 aromatic heterocycles. The van der Waals surface area contributed by atoms with E-state index >= 15 is 0 Å². The minimum Gasteiger partial charge on any atom is -0.497 e. The Labute approximate surface area is 174 Å². The number of sulfonamides is 1. The van der Waals surface area contributed by atoms with Gasteiger partial charge in [-0.15, -0.1) is 0 Å². The van der Waals surface area contributed by atoms with Crippen LogP contribution in [0.3, 0.4) is 0 Å². The lowest BCUT2D eigenvalue weighted by atomic mass is 10.2. The topological polar surface area (TPSA) is 89.0 Å². The van der Waals surface area contributed by atoms with Crippen LogP contribution in [-0.4, -0.2) is 38.0 Å². The maximum Gasteiger partial charge on any atom is 0.344 e. The van der Waals surface area contributed by atoms with E-state index in [2.05, 4.69) is 4.98 Å². The molecule has 0 fully saturated rings. The van der Waals surface area contributed by atoms with Crippen LogP contribution >= 0.6 is 0 Å². The van der Waals surface area contributed by atoms with Gasteiger partial charge in [0, 0.05) is 12.3 Å². The molecule has 30 heavy (non-hydrogen) atoms. The molecule has 2 amide bonds. The molecule has 0 atom stereocenters. The number of fused-ring (bicyclic) bond motifs is 1. The van der Waals surface area contributed by atoms with E-state index in [1.54, 1.807) is 48.5 Å². The van der Waals surface area contributed by atoms with Crippen LogP contribution in [0.15, 0.2) is 71.8 Å². The van der Waals surface area contributed by atoms with Gasteiger partial charge in [-0.25, -0.2) is 27.4 Å². The number of amides is 2. The second kappa shape index (κ2) is 7.68. The Hall–Kier alpha value is -3.59. The highest BCUT2D eigenvalue weighted by Crippen LogP contribution is 2.39. The van der Waals surface area contributed by atoms with E-state index in [4.69, 9.17) is 9.47 Å². The summed E-state index contributed by atoms with van der Waals surface area (Å²) in [6, 6.07) is 16.0. The zero-order valence-corrected chi connectivity index (χ0v) is 17.2. The highest BCUT2D eigenvalue weighted by molar-refractivity contribution is 7.90. The van der Waals surface area contributed by atoms with Crippen LogP contribution in [0.1, 0.15) is 5.56 Å². The molecule has 0 N–H and O–H groups in total. The second-order valence-corrected chi connectivity index (χ2v) is 8.34. The molecule has 0 unspecified atom stereocenters. The van der Waals surface area contributed by atoms with Gasteiger partial charge in [0.1, 0.15) is 16.4 Å². The third-order valence-electron chi connectivity index (χ3n) is 4.71. The summed E-state index contributed by atoms with van der Waals surface area (Å²) in [6.07, 6.45) is 1.45. The SMILES string of the molecule is COc1cccc(CN2C(=O)N(c3cccc(OC)c3)c3ncccc3S2(=O)=O)c1. The second-order valence-electron chi connectivity index (χ2n) is 6.51. The number of rotatable bonds is 5. The molecule has 1 aliphatic rings. The van der Waals surface area contributed by atoms with E-state index in [9.17, 15) is 13.2 Å². The standard InChI is InChI=1S/C21H19N3O5S/c1-28-17-8-3-6-15(12-17)14-23-21(25)24(16-7-4-9-18(13-16)29-2)20-19(30(23,26)27)10-5-11-22-20/h3-13H,14H2,1-2H3. The summed E-state index contributed by atoms with van der Waals surface area (Å²) < 4.78 is 37.8. The van der Waals surface area contributed by atoms with Crippen molar-refractivity contribution < 1.29 is 22.7 Å². The molecular formula is C21H19N3O5S. The largest absolute Gasteiger partial charge is 0.497 e. The van der Waals surface area contributed by atoms with Crippen LogP contribution < -0.4 is 14.4 Å². The average Bonchev–Trinajstić information content (AvgIpc) is 2.77. The third-order valence-corrected chi connectivity index (χ3v) is 6.45. The number of carbonyl (C=O) groups is 1. The molecule has 2 heterocycles. The molecule has 8 nitrogen and oxygen atoms in total. The Morgan fingerprint density at radius 2 is 1.63 bits per heavy atom. The van der Waals surface area contributed by atoms with Gasteiger partial charge in [0.25, 0.3) is 10.0 Å². The molecule has 154 valence electrons. The summed E-state index contributed by atoms with van der Waals surface area (Å²) in [5.74, 6) is 1.16. The molecular weight excluding hydrogens is 406 g/mol. The number of nitrogens with zero attached hydrogens (tertiary/aromatic N) is 3. The molecule has 0 saturated carbocycles. The number of benzene rings is 2. The van der Waals surface area contributed by atoms with Gasteiger partial charge >= 0.3 is 6.03 Å². The van der Waals surface area contributed by atoms with Crippen molar-refractivity contribution >= 4 is 27.6 Å². The fourth-order valence-corrected chi connectivity index (χ4v) is 4.72. The summed E-state index contributed by atoms with van der Waals surface area (Å²) in [4.78, 5) is 18.8. The molecule has 1 aliphatic heterocycles. The number of anilines is 2. The fraction of sp³-hybridized carbons (Fsp3) is 0.143. The van der Waals surface area contributed by atoms with Gasteiger partial charge in [0.2, 0.25) is 0 Å². The molecule has 0 radical (unpaired) electrons. The Kier molecular flexibility index (Phi) is 5.04. The van der Waals surface area contributed by atoms with Gasteiger partial charge in [-0.3, -0.25) is 0 Å². The molecule has 9 heteroatoms. The first-order valence-corrected chi connectivity index (χ1v) is 10.5. The Morgan fingerprint density at radius 3 is 2.37 bits per heavy atom. The van der Waals surface area contributed by atoms with Crippen LogP contribution in [0.5, 0.6) is 11.5 Å². The van der Waals surface area contributed by atoms with Crippen LogP contribution in [0.2, 0.25) is 0 Å². The van der Waals surface area contributed by atoms with Crippen LogP contribution in [0.4, 0.5) is 16.3 Å². The Balaban J connectivity index is 1.84. The average molecular weight is 425 g/mol. The quantitative estimate of drug-likeness (QED) is 0.621. The number of urea groups is 1. The first-order chi connectivity index (χ1) is 14.5. The summed E-state index contributed by atoms with van der Waals surface area (Å²) in [5, 5.41) is 0. The Morgan fingerprint density at radius 1 is 0.933 bits per heavy atom. The molecule has 0 bridgehead atoms. The maximum absolute atomic E-state index is 13.4. The van der Waals surface area contributed by atoms with Crippen molar-refractivity contribution in [3.63, 3.8) is 0 Å². The maximum atomic E-state index is 13.4. The van der Waals surface area contributed by atoms with Crippen molar-refractivity contribution in [3.8, 4) is 11.5 Å². The Bertz CT molecular complexity index is 1210. The zero-order chi connectivity index (χ0) is 21.3. The van der Waals surface area contributed by atoms with E-state index in [1.165, 1.54) is 37.4 Å². The molecule has 0 saturated heterocycles. The number of hydrogen-bond donors (Lipinski definition) is 0. The van der Waals surface area contributed by atoms with Crippen molar-refractivity contribution in [3.05, 3.63) is 72.4 Å². The molecule has 3 aromatic rings. The van der Waals surface area contributed by atoms with Gasteiger partial charge in [0.05, 0.1) is 26.5 Å². The smallest absolute Gasteiger partial charge is 0.344 e. The van der Waals surface area contributed by atoms with Crippen molar-refractivity contribution in [1.29, 1.82) is 0 Å². The molecule has 2 aromatic carbocycles. The molecule has 0 spiro atoms. The molecule has 0 aliphatic carbocycles. The minimum atomic E-state index is -4.10. The van der Waals surface area contributed by atoms with Crippen molar-refractivity contribution in [2.75, 3.05) is 19.1 Å². The van der Waals surface area contributed by atoms with Gasteiger partial charge in [-0.05, 0) is 42.0 Å². The van der Waals surface area contributed by atoms with Crippen molar-refractivity contribution in [1.82, 2.24) is 9.29 Å². The summed E-state index contributed by atoms with van der Waals surface area (Å²) in [6.45, 7) is -0.146. The first kappa shape index (κ1) is 19.7. The third kappa shape index (κ3) is 3.33. The normalized spacial score (nSPS) is 14.9. The van der Waals surface area contributed by atoms with E-state index in [-0.39, 0.29) is 17.3 Å². The number of carbonyl (C=O) groups excluding carboxylic acids is 1. The molecule has 4 rings (SSSR count). The van der Waals surface area contributed by atoms with Gasteiger partial charge in [-0.2, -0.15) is 0 Å². The van der Waals surface area contributed by atoms with E-state index in [0.717, 1.165) is 4.31 Å². The highest BCUT2D eigenvalue weighted by Gasteiger charge is 2.43. The number of pyridine rings is 1. The predicted molar refractivity (Wildman–Crippen MR) is 110 cm³/mol. The zero-order valence-electron chi connectivity index (χ0n) is 16.3. The summed E-state index contributed by atoms with van der Waals surface area (Å²) >= 11 is 0. The summed E-state index contributed by atoms with van der Waals surface area (Å²) in [5.41, 5.74) is 1.06. The van der Waals surface area contributed by atoms with Crippen LogP contribution in [0.25, 0.3) is 0 Å². The fourth-order valence-electron chi connectivity index (χ4n) is 3.25. The van der Waals surface area contributed by atoms with Crippen LogP contribution in [-0.2, 0) is 16.6 Å². The monoisotopic (exact) mass is 425 g/mol. The van der Waals surface area contributed by atoms with E-state index in [1.807, 2.05) is 0 Å². The highest BCUT2D eigenvalue weighted by atomic mass is 32.2. The first-order valence-electron chi connectivity index (χ1n) is 9.04. The number of methoxy groups -OCH3 is 2. The number of ether oxygens (including phenoxy) is 2. The van der Waals surface area contributed by atoms with E-state index in [0.29, 0.717) is 22.7 Å². The lowest BCUT2D eigenvalue weighted by molar-refractivity contribution is 0.229.